The molecule has 0 bridgehead atoms. The van der Waals surface area contributed by atoms with Crippen molar-refractivity contribution in [3.05, 3.63) is 81.6 Å². The van der Waals surface area contributed by atoms with Crippen LogP contribution in [0.5, 0.6) is 5.75 Å². The Morgan fingerprint density at radius 2 is 1.84 bits per heavy atom. The van der Waals surface area contributed by atoms with E-state index in [2.05, 4.69) is 11.9 Å². The highest BCUT2D eigenvalue weighted by molar-refractivity contribution is 7.17. The third-order valence-electron chi connectivity index (χ3n) is 5.99. The second kappa shape index (κ2) is 11.6. The lowest BCUT2D eigenvalue weighted by molar-refractivity contribution is -0.132. The van der Waals surface area contributed by atoms with Gasteiger partial charge in [-0.3, -0.25) is 14.5 Å². The lowest BCUT2D eigenvalue weighted by atomic mass is 9.95. The number of unbranched alkanes of at least 4 members (excludes halogenated alkanes) is 1. The molecule has 2 aromatic carbocycles. The van der Waals surface area contributed by atoms with Crippen molar-refractivity contribution < 1.29 is 33.4 Å². The Hall–Kier alpha value is -4.05. The SMILES string of the molecule is CCCCOc1ccc(C(O)=C2C(=O)C(=O)N(c3nc(C)c(C(=O)OCC)s3)C2c2ccccc2F)cc1. The van der Waals surface area contributed by atoms with Crippen LogP contribution in [0.25, 0.3) is 5.76 Å². The standard InChI is InChI=1S/C28H27FN2O6S/c1-4-6-15-37-18-13-11-17(12-14-18)23(32)21-22(19-9-7-8-10-20(19)29)31(26(34)24(21)33)28-30-16(3)25(38-28)27(35)36-5-2/h7-14,22,32H,4-6,15H2,1-3H3. The summed E-state index contributed by atoms with van der Waals surface area (Å²) >= 11 is 0.860. The van der Waals surface area contributed by atoms with Gasteiger partial charge >= 0.3 is 11.9 Å². The van der Waals surface area contributed by atoms with Gasteiger partial charge in [0.2, 0.25) is 0 Å². The summed E-state index contributed by atoms with van der Waals surface area (Å²) in [6.45, 7) is 5.98. The van der Waals surface area contributed by atoms with Crippen LogP contribution in [-0.4, -0.2) is 41.0 Å². The molecule has 10 heteroatoms. The minimum absolute atomic E-state index is 0.00157. The zero-order chi connectivity index (χ0) is 27.4. The van der Waals surface area contributed by atoms with E-state index in [1.165, 1.54) is 18.2 Å². The van der Waals surface area contributed by atoms with Gasteiger partial charge in [0.1, 0.15) is 28.2 Å². The Balaban J connectivity index is 1.82. The maximum absolute atomic E-state index is 15.1. The molecule has 1 saturated heterocycles. The lowest BCUT2D eigenvalue weighted by Crippen LogP contribution is -2.29. The summed E-state index contributed by atoms with van der Waals surface area (Å²) in [6, 6.07) is 10.8. The Morgan fingerprint density at radius 1 is 1.13 bits per heavy atom. The molecule has 1 aliphatic heterocycles. The minimum Gasteiger partial charge on any atom is -0.507 e. The van der Waals surface area contributed by atoms with Crippen LogP contribution in [0.2, 0.25) is 0 Å². The van der Waals surface area contributed by atoms with Crippen LogP contribution < -0.4 is 9.64 Å². The van der Waals surface area contributed by atoms with Gasteiger partial charge in [-0.25, -0.2) is 14.2 Å². The number of halogens is 1. The van der Waals surface area contributed by atoms with Crippen molar-refractivity contribution in [2.75, 3.05) is 18.1 Å². The van der Waals surface area contributed by atoms with Crippen molar-refractivity contribution in [1.82, 2.24) is 4.98 Å². The quantitative estimate of drug-likeness (QED) is 0.125. The van der Waals surface area contributed by atoms with Crippen LogP contribution >= 0.6 is 11.3 Å². The number of ether oxygens (including phenoxy) is 2. The number of ketones is 1. The molecule has 1 amide bonds. The van der Waals surface area contributed by atoms with E-state index in [1.54, 1.807) is 44.2 Å². The van der Waals surface area contributed by atoms with Gasteiger partial charge in [0, 0.05) is 11.1 Å². The smallest absolute Gasteiger partial charge is 0.350 e. The summed E-state index contributed by atoms with van der Waals surface area (Å²) in [5, 5.41) is 11.3. The van der Waals surface area contributed by atoms with Crippen LogP contribution in [0.4, 0.5) is 9.52 Å². The molecule has 0 aliphatic carbocycles. The molecule has 2 heterocycles. The molecule has 1 unspecified atom stereocenters. The summed E-state index contributed by atoms with van der Waals surface area (Å²) in [6.07, 6.45) is 1.87. The van der Waals surface area contributed by atoms with Crippen molar-refractivity contribution in [2.45, 2.75) is 39.7 Å². The molecule has 3 aromatic rings. The molecular formula is C28H27FN2O6S. The number of rotatable bonds is 9. The average Bonchev–Trinajstić information content (AvgIpc) is 3.41. The first-order valence-electron chi connectivity index (χ1n) is 12.2. The first-order valence-corrected chi connectivity index (χ1v) is 13.0. The molecule has 0 radical (unpaired) electrons. The highest BCUT2D eigenvalue weighted by Crippen LogP contribution is 2.44. The van der Waals surface area contributed by atoms with Crippen LogP contribution in [0, 0.1) is 12.7 Å². The molecule has 0 spiro atoms. The second-order valence-electron chi connectivity index (χ2n) is 8.55. The fourth-order valence-electron chi connectivity index (χ4n) is 4.09. The fourth-order valence-corrected chi connectivity index (χ4v) is 5.08. The monoisotopic (exact) mass is 538 g/mol. The molecule has 1 atom stereocenters. The van der Waals surface area contributed by atoms with Gasteiger partial charge in [-0.05, 0) is 50.6 Å². The van der Waals surface area contributed by atoms with Gasteiger partial charge in [-0.15, -0.1) is 0 Å². The molecule has 38 heavy (non-hydrogen) atoms. The lowest BCUT2D eigenvalue weighted by Gasteiger charge is -2.23. The van der Waals surface area contributed by atoms with Crippen LogP contribution in [0.3, 0.4) is 0 Å². The van der Waals surface area contributed by atoms with Gasteiger partial charge in [-0.2, -0.15) is 0 Å². The molecule has 1 aromatic heterocycles. The first kappa shape index (κ1) is 27.0. The van der Waals surface area contributed by atoms with Gasteiger partial charge in [0.25, 0.3) is 5.78 Å². The topological polar surface area (TPSA) is 106 Å². The van der Waals surface area contributed by atoms with Crippen LogP contribution in [0.1, 0.15) is 59.2 Å². The number of nitrogens with zero attached hydrogens (tertiary/aromatic N) is 2. The van der Waals surface area contributed by atoms with E-state index in [0.717, 1.165) is 29.1 Å². The number of hydrogen-bond donors (Lipinski definition) is 1. The maximum Gasteiger partial charge on any atom is 0.350 e. The number of carbonyl (C=O) groups excluding carboxylic acids is 3. The summed E-state index contributed by atoms with van der Waals surface area (Å²) in [5.74, 6) is -3.15. The second-order valence-corrected chi connectivity index (χ2v) is 9.53. The predicted octanol–water partition coefficient (Wildman–Crippen LogP) is 5.57. The van der Waals surface area contributed by atoms with E-state index in [9.17, 15) is 19.5 Å². The zero-order valence-corrected chi connectivity index (χ0v) is 22.0. The number of esters is 1. The van der Waals surface area contributed by atoms with Gasteiger partial charge in [0.15, 0.2) is 5.13 Å². The summed E-state index contributed by atoms with van der Waals surface area (Å²) in [4.78, 5) is 44.5. The Bertz CT molecular complexity index is 1400. The van der Waals surface area contributed by atoms with E-state index >= 15 is 4.39 Å². The van der Waals surface area contributed by atoms with E-state index in [-0.39, 0.29) is 33.3 Å². The van der Waals surface area contributed by atoms with Gasteiger partial charge in [-0.1, -0.05) is 42.9 Å². The Morgan fingerprint density at radius 3 is 2.50 bits per heavy atom. The van der Waals surface area contributed by atoms with E-state index in [1.807, 2.05) is 0 Å². The fraction of sp³-hybridized carbons (Fsp3) is 0.286. The Kier molecular flexibility index (Phi) is 8.21. The van der Waals surface area contributed by atoms with E-state index < -0.39 is 35.3 Å². The van der Waals surface area contributed by atoms with Crippen LogP contribution in [0.15, 0.2) is 54.1 Å². The largest absolute Gasteiger partial charge is 0.507 e. The molecule has 8 nitrogen and oxygen atoms in total. The Labute approximate surface area is 223 Å². The molecule has 1 aliphatic rings. The molecule has 4 rings (SSSR count). The molecular weight excluding hydrogens is 511 g/mol. The third kappa shape index (κ3) is 5.17. The predicted molar refractivity (Wildman–Crippen MR) is 141 cm³/mol. The zero-order valence-electron chi connectivity index (χ0n) is 21.2. The van der Waals surface area contributed by atoms with Crippen molar-refractivity contribution in [1.29, 1.82) is 0 Å². The van der Waals surface area contributed by atoms with Crippen LogP contribution in [-0.2, 0) is 14.3 Å². The van der Waals surface area contributed by atoms with Gasteiger partial charge < -0.3 is 14.6 Å². The van der Waals surface area contributed by atoms with Crippen molar-refractivity contribution in [2.24, 2.45) is 0 Å². The minimum atomic E-state index is -1.31. The summed E-state index contributed by atoms with van der Waals surface area (Å²) in [7, 11) is 0. The number of benzene rings is 2. The number of aliphatic hydroxyl groups excluding tert-OH is 1. The third-order valence-corrected chi connectivity index (χ3v) is 7.13. The number of hydrogen-bond acceptors (Lipinski definition) is 8. The first-order chi connectivity index (χ1) is 18.3. The van der Waals surface area contributed by atoms with E-state index in [0.29, 0.717) is 18.1 Å². The number of aryl methyl sites for hydroxylation is 1. The normalized spacial score (nSPS) is 16.6. The molecule has 198 valence electrons. The number of Topliss-reactive ketones (excluding diaryl/α,β-unsaturated/α-hetero) is 1. The van der Waals surface area contributed by atoms with Gasteiger partial charge in [0.05, 0.1) is 24.5 Å². The number of anilines is 1. The number of amides is 1. The highest BCUT2D eigenvalue weighted by Gasteiger charge is 2.49. The van der Waals surface area contributed by atoms with Crippen molar-refractivity contribution >= 4 is 39.9 Å². The summed E-state index contributed by atoms with van der Waals surface area (Å²) in [5.41, 5.74) is 0.273. The summed E-state index contributed by atoms with van der Waals surface area (Å²) < 4.78 is 25.8. The van der Waals surface area contributed by atoms with Crippen molar-refractivity contribution in [3.63, 3.8) is 0 Å². The number of thiazole rings is 1. The molecule has 1 N–H and O–H groups in total. The maximum atomic E-state index is 15.1. The van der Waals surface area contributed by atoms with Crippen molar-refractivity contribution in [3.8, 4) is 5.75 Å². The highest BCUT2D eigenvalue weighted by atomic mass is 32.1. The average molecular weight is 539 g/mol. The molecule has 1 fully saturated rings. The number of aliphatic hydroxyl groups is 1. The number of carbonyl (C=O) groups is 3. The van der Waals surface area contributed by atoms with E-state index in [4.69, 9.17) is 9.47 Å². The number of aromatic nitrogens is 1. The molecule has 0 saturated carbocycles.